The fourth-order valence-corrected chi connectivity index (χ4v) is 3.82. The Morgan fingerprint density at radius 3 is 1.81 bits per heavy atom. The molecule has 0 fully saturated rings. The zero-order valence-corrected chi connectivity index (χ0v) is 17.4. The SMILES string of the molecule is CC1=NC(c2ccccc2)N=C(c2cccc(-c3ccc(-c4ccccc4)cc3)c2)N1. The summed E-state index contributed by atoms with van der Waals surface area (Å²) in [5.74, 6) is 1.72. The summed E-state index contributed by atoms with van der Waals surface area (Å²) in [6.45, 7) is 1.98. The Labute approximate surface area is 182 Å². The molecule has 31 heavy (non-hydrogen) atoms. The Morgan fingerprint density at radius 2 is 1.10 bits per heavy atom. The number of benzene rings is 4. The minimum atomic E-state index is -0.216. The fourth-order valence-electron chi connectivity index (χ4n) is 3.82. The zero-order chi connectivity index (χ0) is 21.0. The molecule has 0 saturated heterocycles. The molecule has 150 valence electrons. The van der Waals surface area contributed by atoms with Crippen LogP contribution in [0.25, 0.3) is 22.3 Å². The van der Waals surface area contributed by atoms with Gasteiger partial charge in [0, 0.05) is 5.56 Å². The average Bonchev–Trinajstić information content (AvgIpc) is 2.85. The molecule has 1 N–H and O–H groups in total. The van der Waals surface area contributed by atoms with Crippen LogP contribution in [0.1, 0.15) is 24.2 Å². The lowest BCUT2D eigenvalue weighted by Crippen LogP contribution is -2.33. The summed E-state index contributed by atoms with van der Waals surface area (Å²) < 4.78 is 0. The van der Waals surface area contributed by atoms with Crippen molar-refractivity contribution in [3.05, 3.63) is 120 Å². The zero-order valence-electron chi connectivity index (χ0n) is 17.4. The second-order valence-electron chi connectivity index (χ2n) is 7.63. The topological polar surface area (TPSA) is 36.8 Å². The number of amidine groups is 2. The molecule has 3 heteroatoms. The van der Waals surface area contributed by atoms with E-state index in [1.54, 1.807) is 0 Å². The van der Waals surface area contributed by atoms with Crippen molar-refractivity contribution in [1.29, 1.82) is 0 Å². The molecule has 3 nitrogen and oxygen atoms in total. The second kappa shape index (κ2) is 8.41. The highest BCUT2D eigenvalue weighted by Crippen LogP contribution is 2.27. The van der Waals surface area contributed by atoms with Crippen molar-refractivity contribution in [2.75, 3.05) is 0 Å². The van der Waals surface area contributed by atoms with Gasteiger partial charge in [-0.2, -0.15) is 0 Å². The Balaban J connectivity index is 1.44. The van der Waals surface area contributed by atoms with Crippen LogP contribution in [0.3, 0.4) is 0 Å². The highest BCUT2D eigenvalue weighted by atomic mass is 15.2. The van der Waals surface area contributed by atoms with Crippen LogP contribution in [0.15, 0.2) is 119 Å². The standard InChI is InChI=1S/C28H23N3/c1-20-29-27(24-11-6-3-7-12-24)31-28(30-20)26-14-8-13-25(19-26)23-17-15-22(16-18-23)21-9-4-2-5-10-21/h2-19,27H,1H3,(H,29,30,31). The lowest BCUT2D eigenvalue weighted by atomic mass is 9.99. The molecule has 0 aliphatic carbocycles. The molecular weight excluding hydrogens is 378 g/mol. The molecule has 1 heterocycles. The molecule has 0 radical (unpaired) electrons. The Bertz CT molecular complexity index is 1240. The summed E-state index contributed by atoms with van der Waals surface area (Å²) in [4.78, 5) is 9.54. The first-order chi connectivity index (χ1) is 15.3. The molecule has 4 aromatic carbocycles. The smallest absolute Gasteiger partial charge is 0.169 e. The van der Waals surface area contributed by atoms with Gasteiger partial charge in [0.15, 0.2) is 6.17 Å². The Morgan fingerprint density at radius 1 is 0.548 bits per heavy atom. The van der Waals surface area contributed by atoms with Gasteiger partial charge in [-0.15, -0.1) is 0 Å². The van der Waals surface area contributed by atoms with Crippen LogP contribution in [0, 0.1) is 0 Å². The van der Waals surface area contributed by atoms with Gasteiger partial charge in [-0.05, 0) is 40.8 Å². The first kappa shape index (κ1) is 19.0. The maximum absolute atomic E-state index is 4.88. The summed E-state index contributed by atoms with van der Waals surface area (Å²) in [6, 6.07) is 37.9. The molecule has 0 saturated carbocycles. The van der Waals surface area contributed by atoms with Gasteiger partial charge in [0.2, 0.25) is 0 Å². The van der Waals surface area contributed by atoms with E-state index in [2.05, 4.69) is 95.2 Å². The molecule has 1 unspecified atom stereocenters. The number of hydrogen-bond donors (Lipinski definition) is 1. The molecule has 0 spiro atoms. The molecule has 0 aromatic heterocycles. The van der Waals surface area contributed by atoms with Crippen molar-refractivity contribution >= 4 is 11.7 Å². The second-order valence-corrected chi connectivity index (χ2v) is 7.63. The number of rotatable bonds is 4. The predicted molar refractivity (Wildman–Crippen MR) is 129 cm³/mol. The van der Waals surface area contributed by atoms with Crippen LogP contribution in [-0.4, -0.2) is 11.7 Å². The lowest BCUT2D eigenvalue weighted by molar-refractivity contribution is 0.754. The molecule has 4 aromatic rings. The molecular formula is C28H23N3. The summed E-state index contributed by atoms with van der Waals surface area (Å²) in [5, 5.41) is 3.34. The van der Waals surface area contributed by atoms with E-state index in [0.29, 0.717) is 0 Å². The Kier molecular flexibility index (Phi) is 5.16. The van der Waals surface area contributed by atoms with Crippen molar-refractivity contribution in [3.63, 3.8) is 0 Å². The van der Waals surface area contributed by atoms with Crippen molar-refractivity contribution in [3.8, 4) is 22.3 Å². The van der Waals surface area contributed by atoms with Gasteiger partial charge in [-0.1, -0.05) is 103 Å². The molecule has 1 atom stereocenters. The van der Waals surface area contributed by atoms with Gasteiger partial charge in [0.1, 0.15) is 11.7 Å². The fraction of sp³-hybridized carbons (Fsp3) is 0.0714. The normalized spacial score (nSPS) is 15.6. The highest BCUT2D eigenvalue weighted by Gasteiger charge is 2.17. The number of nitrogens with one attached hydrogen (secondary N) is 1. The first-order valence-electron chi connectivity index (χ1n) is 10.5. The summed E-state index contributed by atoms with van der Waals surface area (Å²) in [6.07, 6.45) is -0.216. The third-order valence-corrected chi connectivity index (χ3v) is 5.43. The van der Waals surface area contributed by atoms with Crippen molar-refractivity contribution in [2.24, 2.45) is 9.98 Å². The summed E-state index contributed by atoms with van der Waals surface area (Å²) in [7, 11) is 0. The van der Waals surface area contributed by atoms with Gasteiger partial charge in [0.05, 0.1) is 0 Å². The quantitative estimate of drug-likeness (QED) is 0.417. The third kappa shape index (κ3) is 4.17. The maximum atomic E-state index is 4.88. The van der Waals surface area contributed by atoms with E-state index in [4.69, 9.17) is 4.99 Å². The van der Waals surface area contributed by atoms with Crippen LogP contribution in [0.2, 0.25) is 0 Å². The predicted octanol–water partition coefficient (Wildman–Crippen LogP) is 6.49. The first-order valence-corrected chi connectivity index (χ1v) is 10.5. The van der Waals surface area contributed by atoms with E-state index in [-0.39, 0.29) is 6.17 Å². The van der Waals surface area contributed by atoms with Crippen molar-refractivity contribution in [1.82, 2.24) is 5.32 Å². The van der Waals surface area contributed by atoms with Crippen molar-refractivity contribution < 1.29 is 0 Å². The molecule has 1 aliphatic rings. The number of nitrogens with zero attached hydrogens (tertiary/aromatic N) is 2. The average molecular weight is 402 g/mol. The monoisotopic (exact) mass is 401 g/mol. The largest absolute Gasteiger partial charge is 0.329 e. The van der Waals surface area contributed by atoms with E-state index in [1.807, 2.05) is 31.2 Å². The van der Waals surface area contributed by atoms with Gasteiger partial charge >= 0.3 is 0 Å². The summed E-state index contributed by atoms with van der Waals surface area (Å²) >= 11 is 0. The van der Waals surface area contributed by atoms with Crippen LogP contribution in [0.5, 0.6) is 0 Å². The number of hydrogen-bond acceptors (Lipinski definition) is 3. The van der Waals surface area contributed by atoms with Crippen LogP contribution >= 0.6 is 0 Å². The van der Waals surface area contributed by atoms with E-state index >= 15 is 0 Å². The number of aliphatic imine (C=N–C) groups is 2. The Hall–Kier alpha value is -3.98. The van der Waals surface area contributed by atoms with E-state index in [1.165, 1.54) is 16.7 Å². The molecule has 0 bridgehead atoms. The highest BCUT2D eigenvalue weighted by molar-refractivity contribution is 6.10. The molecule has 5 rings (SSSR count). The molecule has 1 aliphatic heterocycles. The van der Waals surface area contributed by atoms with E-state index in [0.717, 1.165) is 28.4 Å². The van der Waals surface area contributed by atoms with Gasteiger partial charge in [-0.25, -0.2) is 9.98 Å². The minimum absolute atomic E-state index is 0.216. The van der Waals surface area contributed by atoms with E-state index in [9.17, 15) is 0 Å². The van der Waals surface area contributed by atoms with Crippen LogP contribution in [0.4, 0.5) is 0 Å². The van der Waals surface area contributed by atoms with Crippen LogP contribution < -0.4 is 5.32 Å². The van der Waals surface area contributed by atoms with E-state index < -0.39 is 0 Å². The third-order valence-electron chi connectivity index (χ3n) is 5.43. The van der Waals surface area contributed by atoms with Gasteiger partial charge in [-0.3, -0.25) is 0 Å². The molecule has 0 amide bonds. The van der Waals surface area contributed by atoms with Gasteiger partial charge in [0.25, 0.3) is 0 Å². The van der Waals surface area contributed by atoms with Crippen molar-refractivity contribution in [2.45, 2.75) is 13.1 Å². The summed E-state index contributed by atoms with van der Waals surface area (Å²) in [5.41, 5.74) is 6.94. The van der Waals surface area contributed by atoms with Crippen LogP contribution in [-0.2, 0) is 0 Å². The maximum Gasteiger partial charge on any atom is 0.169 e. The minimum Gasteiger partial charge on any atom is -0.329 e. The lowest BCUT2D eigenvalue weighted by Gasteiger charge is -2.20. The van der Waals surface area contributed by atoms with Gasteiger partial charge < -0.3 is 5.32 Å².